The maximum absolute atomic E-state index is 9.99. The summed E-state index contributed by atoms with van der Waals surface area (Å²) in [6.45, 7) is 1.85. The number of nitrogens with two attached hydrogens (primary N) is 1. The summed E-state index contributed by atoms with van der Waals surface area (Å²) in [6, 6.07) is 8.84. The summed E-state index contributed by atoms with van der Waals surface area (Å²) in [5.74, 6) is 1.01. The van der Waals surface area contributed by atoms with Crippen molar-refractivity contribution in [1.82, 2.24) is 4.90 Å². The molecule has 2 unspecified atom stereocenters. The molecule has 2 atom stereocenters. The smallest absolute Gasteiger partial charge is 0.120 e. The molecule has 0 aromatic heterocycles. The first kappa shape index (κ1) is 11.1. The lowest BCUT2D eigenvalue weighted by Crippen LogP contribution is -2.27. The van der Waals surface area contributed by atoms with Gasteiger partial charge in [-0.15, -0.1) is 0 Å². The van der Waals surface area contributed by atoms with Crippen LogP contribution in [-0.4, -0.2) is 29.1 Å². The molecule has 1 aromatic carbocycles. The van der Waals surface area contributed by atoms with Gasteiger partial charge >= 0.3 is 0 Å². The molecule has 1 aliphatic heterocycles. The molecule has 2 fully saturated rings. The highest BCUT2D eigenvalue weighted by molar-refractivity contribution is 5.35. The van der Waals surface area contributed by atoms with Crippen molar-refractivity contribution in [2.45, 2.75) is 31.3 Å². The van der Waals surface area contributed by atoms with Crippen LogP contribution >= 0.6 is 0 Å². The Kier molecular flexibility index (Phi) is 2.81. The van der Waals surface area contributed by atoms with Crippen LogP contribution in [0.1, 0.15) is 30.9 Å². The third-order valence-corrected chi connectivity index (χ3v) is 4.07. The van der Waals surface area contributed by atoms with E-state index in [1.54, 1.807) is 6.07 Å². The number of likely N-dealkylation sites (tertiary alicyclic amines) is 1. The number of phenols is 1. The number of hydrogen-bond donors (Lipinski definition) is 2. The number of para-hydroxylation sites is 1. The van der Waals surface area contributed by atoms with Crippen LogP contribution in [0.4, 0.5) is 0 Å². The third kappa shape index (κ3) is 2.05. The average molecular weight is 232 g/mol. The zero-order valence-electron chi connectivity index (χ0n) is 10.0. The molecule has 3 rings (SSSR count). The van der Waals surface area contributed by atoms with Crippen LogP contribution in [0.25, 0.3) is 0 Å². The van der Waals surface area contributed by atoms with Crippen molar-refractivity contribution in [3.63, 3.8) is 0 Å². The quantitative estimate of drug-likeness (QED) is 0.836. The Hall–Kier alpha value is -1.06. The van der Waals surface area contributed by atoms with E-state index in [1.807, 2.05) is 18.2 Å². The summed E-state index contributed by atoms with van der Waals surface area (Å²) in [5.41, 5.74) is 6.88. The van der Waals surface area contributed by atoms with Gasteiger partial charge in [-0.05, 0) is 37.8 Å². The van der Waals surface area contributed by atoms with Gasteiger partial charge < -0.3 is 10.8 Å². The number of rotatable bonds is 3. The largest absolute Gasteiger partial charge is 0.508 e. The van der Waals surface area contributed by atoms with E-state index >= 15 is 0 Å². The zero-order chi connectivity index (χ0) is 11.8. The molecule has 3 heteroatoms. The molecule has 3 N–H and O–H groups in total. The number of aromatic hydroxyl groups is 1. The topological polar surface area (TPSA) is 49.5 Å². The fourth-order valence-electron chi connectivity index (χ4n) is 3.01. The van der Waals surface area contributed by atoms with Gasteiger partial charge in [-0.3, -0.25) is 4.90 Å². The van der Waals surface area contributed by atoms with E-state index < -0.39 is 0 Å². The van der Waals surface area contributed by atoms with Crippen molar-refractivity contribution in [2.75, 3.05) is 13.1 Å². The van der Waals surface area contributed by atoms with Crippen molar-refractivity contribution < 1.29 is 5.11 Å². The molecule has 0 bridgehead atoms. The molecule has 2 aliphatic rings. The average Bonchev–Trinajstić information content (AvgIpc) is 3.10. The summed E-state index contributed by atoms with van der Waals surface area (Å²) < 4.78 is 0. The molecular formula is C14H20N2O. The van der Waals surface area contributed by atoms with Crippen molar-refractivity contribution >= 4 is 0 Å². The summed E-state index contributed by atoms with van der Waals surface area (Å²) in [5, 5.41) is 9.99. The van der Waals surface area contributed by atoms with E-state index in [0.717, 1.165) is 31.1 Å². The van der Waals surface area contributed by atoms with E-state index in [0.29, 0.717) is 17.7 Å². The van der Waals surface area contributed by atoms with E-state index in [-0.39, 0.29) is 0 Å². The summed E-state index contributed by atoms with van der Waals surface area (Å²) >= 11 is 0. The summed E-state index contributed by atoms with van der Waals surface area (Å²) in [4.78, 5) is 2.55. The minimum Gasteiger partial charge on any atom is -0.508 e. The Morgan fingerprint density at radius 3 is 2.71 bits per heavy atom. The first-order chi connectivity index (χ1) is 8.29. The lowest BCUT2D eigenvalue weighted by Gasteiger charge is -2.25. The first-order valence-corrected chi connectivity index (χ1v) is 6.53. The minimum atomic E-state index is 0.372. The highest BCUT2D eigenvalue weighted by atomic mass is 16.3. The first-order valence-electron chi connectivity index (χ1n) is 6.53. The molecule has 92 valence electrons. The molecule has 1 aliphatic carbocycles. The number of phenolic OH excluding ortho intramolecular Hbond substituents is 1. The number of benzene rings is 1. The Labute approximate surface area is 102 Å². The molecule has 0 spiro atoms. The van der Waals surface area contributed by atoms with Crippen LogP contribution in [0.2, 0.25) is 0 Å². The molecular weight excluding hydrogens is 212 g/mol. The van der Waals surface area contributed by atoms with Crippen molar-refractivity contribution in [2.24, 2.45) is 11.7 Å². The highest BCUT2D eigenvalue weighted by Crippen LogP contribution is 2.44. The monoisotopic (exact) mass is 232 g/mol. The van der Waals surface area contributed by atoms with Gasteiger partial charge in [-0.25, -0.2) is 0 Å². The fourth-order valence-corrected chi connectivity index (χ4v) is 3.01. The predicted molar refractivity (Wildman–Crippen MR) is 67.7 cm³/mol. The van der Waals surface area contributed by atoms with E-state index in [1.165, 1.54) is 12.8 Å². The van der Waals surface area contributed by atoms with Gasteiger partial charge in [0.2, 0.25) is 0 Å². The molecule has 1 heterocycles. The maximum atomic E-state index is 9.99. The second kappa shape index (κ2) is 4.31. The molecule has 1 aromatic rings. The van der Waals surface area contributed by atoms with Crippen molar-refractivity contribution in [1.29, 1.82) is 0 Å². The molecule has 17 heavy (non-hydrogen) atoms. The van der Waals surface area contributed by atoms with Crippen LogP contribution in [0.15, 0.2) is 24.3 Å². The standard InChI is InChI=1S/C14H20N2O/c15-8-10-7-13(16(9-10)11-5-6-11)12-3-1-2-4-14(12)17/h1-4,10-11,13,17H,5-9,15H2. The molecule has 0 amide bonds. The molecule has 0 radical (unpaired) electrons. The highest BCUT2D eigenvalue weighted by Gasteiger charge is 2.41. The SMILES string of the molecule is NCC1CC(c2ccccc2O)N(C2CC2)C1. The van der Waals surface area contributed by atoms with Crippen molar-refractivity contribution in [3.8, 4) is 5.75 Å². The number of hydrogen-bond acceptors (Lipinski definition) is 3. The van der Waals surface area contributed by atoms with Crippen LogP contribution in [0.3, 0.4) is 0 Å². The summed E-state index contributed by atoms with van der Waals surface area (Å²) in [7, 11) is 0. The maximum Gasteiger partial charge on any atom is 0.120 e. The van der Waals surface area contributed by atoms with Gasteiger partial charge in [0.05, 0.1) is 0 Å². The van der Waals surface area contributed by atoms with E-state index in [9.17, 15) is 5.11 Å². The predicted octanol–water partition coefficient (Wildman–Crippen LogP) is 1.88. The van der Waals surface area contributed by atoms with Crippen molar-refractivity contribution in [3.05, 3.63) is 29.8 Å². The molecule has 1 saturated carbocycles. The van der Waals surface area contributed by atoms with E-state index in [2.05, 4.69) is 4.90 Å². The molecule has 1 saturated heterocycles. The van der Waals surface area contributed by atoms with Crippen LogP contribution in [0.5, 0.6) is 5.75 Å². The summed E-state index contributed by atoms with van der Waals surface area (Å²) in [6.07, 6.45) is 3.70. The minimum absolute atomic E-state index is 0.372. The Morgan fingerprint density at radius 2 is 2.06 bits per heavy atom. The van der Waals surface area contributed by atoms with E-state index in [4.69, 9.17) is 5.73 Å². The second-order valence-corrected chi connectivity index (χ2v) is 5.34. The zero-order valence-corrected chi connectivity index (χ0v) is 10.0. The Bertz CT molecular complexity index is 403. The number of nitrogens with zero attached hydrogens (tertiary/aromatic N) is 1. The Balaban J connectivity index is 1.87. The van der Waals surface area contributed by atoms with Crippen LogP contribution < -0.4 is 5.73 Å². The van der Waals surface area contributed by atoms with Gasteiger partial charge in [0.15, 0.2) is 0 Å². The van der Waals surface area contributed by atoms with Crippen LogP contribution in [0, 0.1) is 5.92 Å². The second-order valence-electron chi connectivity index (χ2n) is 5.34. The fraction of sp³-hybridized carbons (Fsp3) is 0.571. The van der Waals surface area contributed by atoms with Crippen LogP contribution in [-0.2, 0) is 0 Å². The Morgan fingerprint density at radius 1 is 1.29 bits per heavy atom. The lowest BCUT2D eigenvalue weighted by atomic mass is 9.99. The lowest BCUT2D eigenvalue weighted by molar-refractivity contribution is 0.239. The third-order valence-electron chi connectivity index (χ3n) is 4.07. The van der Waals surface area contributed by atoms with Gasteiger partial charge in [0, 0.05) is 24.2 Å². The van der Waals surface area contributed by atoms with Gasteiger partial charge in [0.1, 0.15) is 5.75 Å². The normalized spacial score (nSPS) is 29.7. The van der Waals surface area contributed by atoms with Gasteiger partial charge in [-0.1, -0.05) is 18.2 Å². The molecule has 3 nitrogen and oxygen atoms in total. The van der Waals surface area contributed by atoms with Gasteiger partial charge in [0.25, 0.3) is 0 Å². The van der Waals surface area contributed by atoms with Gasteiger partial charge in [-0.2, -0.15) is 0 Å².